The third-order valence-electron chi connectivity index (χ3n) is 6.22. The molecule has 5 heteroatoms. The van der Waals surface area contributed by atoms with Gasteiger partial charge < -0.3 is 14.4 Å². The molecule has 0 N–H and O–H groups in total. The molecule has 0 unspecified atom stereocenters. The number of benzene rings is 1. The van der Waals surface area contributed by atoms with Crippen molar-refractivity contribution in [3.63, 3.8) is 0 Å². The molecule has 4 rings (SSSR count). The molecule has 2 aliphatic heterocycles. The Kier molecular flexibility index (Phi) is 4.57. The van der Waals surface area contributed by atoms with Crippen LogP contribution in [0.2, 0.25) is 0 Å². The molecule has 3 heterocycles. The van der Waals surface area contributed by atoms with Crippen molar-refractivity contribution in [2.75, 3.05) is 26.2 Å². The largest absolute Gasteiger partial charge is 0.338 e. The van der Waals surface area contributed by atoms with E-state index >= 15 is 0 Å². The van der Waals surface area contributed by atoms with Crippen LogP contribution in [0.4, 0.5) is 0 Å². The average molecular weight is 352 g/mol. The molecule has 0 spiro atoms. The molecular weight excluding hydrogens is 324 g/mol. The summed E-state index contributed by atoms with van der Waals surface area (Å²) in [5, 5.41) is 0. The van der Waals surface area contributed by atoms with Gasteiger partial charge in [0.05, 0.1) is 6.04 Å². The van der Waals surface area contributed by atoms with E-state index in [-0.39, 0.29) is 11.9 Å². The standard InChI is InChI=1S/C21H28N4O/c1-15-6-4-5-7-18(15)21-19-14-24(10-8-20-22-9-11-23(20)3)12-17(19)13-25(21)16(2)26/h4-7,9,11,17,19,21H,8,10,12-14H2,1-3H3/t17-,19-,21-/m1/s1. The van der Waals surface area contributed by atoms with Gasteiger partial charge in [0.2, 0.25) is 5.91 Å². The van der Waals surface area contributed by atoms with Crippen molar-refractivity contribution in [1.29, 1.82) is 0 Å². The number of aryl methyl sites for hydroxylation is 2. The van der Waals surface area contributed by atoms with Gasteiger partial charge in [0.1, 0.15) is 5.82 Å². The van der Waals surface area contributed by atoms with E-state index < -0.39 is 0 Å². The second kappa shape index (κ2) is 6.88. The van der Waals surface area contributed by atoms with Gasteiger partial charge in [-0.2, -0.15) is 0 Å². The van der Waals surface area contributed by atoms with Crippen LogP contribution in [0.5, 0.6) is 0 Å². The Bertz CT molecular complexity index is 799. The molecule has 138 valence electrons. The van der Waals surface area contributed by atoms with Gasteiger partial charge in [-0.3, -0.25) is 4.79 Å². The second-order valence-electron chi connectivity index (χ2n) is 7.86. The number of hydrogen-bond acceptors (Lipinski definition) is 3. The highest BCUT2D eigenvalue weighted by Crippen LogP contribution is 2.45. The van der Waals surface area contributed by atoms with E-state index in [0.29, 0.717) is 11.8 Å². The van der Waals surface area contributed by atoms with Crippen LogP contribution in [-0.4, -0.2) is 51.4 Å². The van der Waals surface area contributed by atoms with Gasteiger partial charge in [-0.05, 0) is 24.0 Å². The van der Waals surface area contributed by atoms with Crippen molar-refractivity contribution >= 4 is 5.91 Å². The fourth-order valence-electron chi connectivity index (χ4n) is 4.86. The summed E-state index contributed by atoms with van der Waals surface area (Å²) in [5.74, 6) is 2.45. The zero-order chi connectivity index (χ0) is 18.3. The molecule has 2 saturated heterocycles. The first-order valence-electron chi connectivity index (χ1n) is 9.56. The lowest BCUT2D eigenvalue weighted by Crippen LogP contribution is -2.35. The van der Waals surface area contributed by atoms with E-state index in [1.54, 1.807) is 6.92 Å². The molecule has 0 bridgehead atoms. The van der Waals surface area contributed by atoms with Crippen molar-refractivity contribution in [2.24, 2.45) is 18.9 Å². The molecule has 0 aliphatic carbocycles. The summed E-state index contributed by atoms with van der Waals surface area (Å²) in [4.78, 5) is 21.4. The maximum absolute atomic E-state index is 12.3. The van der Waals surface area contributed by atoms with E-state index in [4.69, 9.17) is 0 Å². The lowest BCUT2D eigenvalue weighted by Gasteiger charge is -2.30. The zero-order valence-electron chi connectivity index (χ0n) is 15.9. The van der Waals surface area contributed by atoms with E-state index in [1.807, 2.05) is 12.4 Å². The van der Waals surface area contributed by atoms with Gasteiger partial charge >= 0.3 is 0 Å². The molecule has 2 fully saturated rings. The summed E-state index contributed by atoms with van der Waals surface area (Å²) >= 11 is 0. The number of carbonyl (C=O) groups excluding carboxylic acids is 1. The van der Waals surface area contributed by atoms with Crippen LogP contribution in [-0.2, 0) is 18.3 Å². The molecule has 2 aromatic rings. The SMILES string of the molecule is CC(=O)N1C[C@H]2CN(CCc3nccn3C)C[C@H]2[C@H]1c1ccccc1C. The van der Waals surface area contributed by atoms with Crippen LogP contribution < -0.4 is 0 Å². The summed E-state index contributed by atoms with van der Waals surface area (Å²) in [6.45, 7) is 7.95. The highest BCUT2D eigenvalue weighted by atomic mass is 16.2. The van der Waals surface area contributed by atoms with Crippen molar-refractivity contribution in [3.05, 3.63) is 53.6 Å². The molecule has 1 amide bonds. The first kappa shape index (κ1) is 17.3. The third kappa shape index (κ3) is 3.05. The Morgan fingerprint density at radius 3 is 2.73 bits per heavy atom. The predicted molar refractivity (Wildman–Crippen MR) is 102 cm³/mol. The van der Waals surface area contributed by atoms with Gasteiger partial charge in [-0.15, -0.1) is 0 Å². The summed E-state index contributed by atoms with van der Waals surface area (Å²) < 4.78 is 2.10. The van der Waals surface area contributed by atoms with Crippen LogP contribution in [0.25, 0.3) is 0 Å². The van der Waals surface area contributed by atoms with E-state index in [9.17, 15) is 4.79 Å². The van der Waals surface area contributed by atoms with Crippen LogP contribution in [0.15, 0.2) is 36.7 Å². The first-order chi connectivity index (χ1) is 12.5. The fraction of sp³-hybridized carbons (Fsp3) is 0.524. The lowest BCUT2D eigenvalue weighted by atomic mass is 9.87. The van der Waals surface area contributed by atoms with Crippen LogP contribution in [0.1, 0.15) is 29.9 Å². The summed E-state index contributed by atoms with van der Waals surface area (Å²) in [7, 11) is 2.06. The Morgan fingerprint density at radius 1 is 1.23 bits per heavy atom. The number of aromatic nitrogens is 2. The molecule has 0 saturated carbocycles. The quantitative estimate of drug-likeness (QED) is 0.849. The Morgan fingerprint density at radius 2 is 2.04 bits per heavy atom. The van der Waals surface area contributed by atoms with Gasteiger partial charge in [0.25, 0.3) is 0 Å². The van der Waals surface area contributed by atoms with Crippen molar-refractivity contribution in [1.82, 2.24) is 19.4 Å². The Hall–Kier alpha value is -2.14. The molecular formula is C21H28N4O. The van der Waals surface area contributed by atoms with Crippen molar-refractivity contribution in [2.45, 2.75) is 26.3 Å². The molecule has 0 radical (unpaired) electrons. The zero-order valence-corrected chi connectivity index (χ0v) is 15.9. The fourth-order valence-corrected chi connectivity index (χ4v) is 4.86. The molecule has 3 atom stereocenters. The van der Waals surface area contributed by atoms with Crippen LogP contribution in [0.3, 0.4) is 0 Å². The predicted octanol–water partition coefficient (Wildman–Crippen LogP) is 2.42. The molecule has 1 aromatic heterocycles. The third-order valence-corrected chi connectivity index (χ3v) is 6.22. The van der Waals surface area contributed by atoms with Gasteiger partial charge in [0, 0.05) is 64.9 Å². The number of rotatable bonds is 4. The highest BCUT2D eigenvalue weighted by molar-refractivity contribution is 5.74. The molecule has 1 aromatic carbocycles. The van der Waals surface area contributed by atoms with E-state index in [0.717, 1.165) is 38.4 Å². The van der Waals surface area contributed by atoms with Crippen molar-refractivity contribution in [3.8, 4) is 0 Å². The number of nitrogens with zero attached hydrogens (tertiary/aromatic N) is 4. The minimum atomic E-state index is 0.201. The minimum Gasteiger partial charge on any atom is -0.338 e. The summed E-state index contributed by atoms with van der Waals surface area (Å²) in [5.41, 5.74) is 2.61. The number of fused-ring (bicyclic) bond motifs is 1. The average Bonchev–Trinajstić information content (AvgIpc) is 3.27. The van der Waals surface area contributed by atoms with Gasteiger partial charge in [0.15, 0.2) is 0 Å². The minimum absolute atomic E-state index is 0.201. The molecule has 2 aliphatic rings. The smallest absolute Gasteiger partial charge is 0.219 e. The number of hydrogen-bond donors (Lipinski definition) is 0. The normalized spacial score (nSPS) is 25.7. The van der Waals surface area contributed by atoms with Crippen LogP contribution in [0, 0.1) is 18.8 Å². The maximum Gasteiger partial charge on any atom is 0.219 e. The Balaban J connectivity index is 1.50. The number of likely N-dealkylation sites (tertiary alicyclic amines) is 2. The Labute approximate surface area is 155 Å². The topological polar surface area (TPSA) is 41.4 Å². The molecule has 26 heavy (non-hydrogen) atoms. The van der Waals surface area contributed by atoms with Gasteiger partial charge in [-0.1, -0.05) is 24.3 Å². The number of carbonyl (C=O) groups is 1. The molecule has 5 nitrogen and oxygen atoms in total. The van der Waals surface area contributed by atoms with Gasteiger partial charge in [-0.25, -0.2) is 4.98 Å². The first-order valence-corrected chi connectivity index (χ1v) is 9.56. The maximum atomic E-state index is 12.3. The van der Waals surface area contributed by atoms with Crippen LogP contribution >= 0.6 is 0 Å². The summed E-state index contributed by atoms with van der Waals surface area (Å²) in [6.07, 6.45) is 4.86. The number of imidazole rings is 1. The second-order valence-corrected chi connectivity index (χ2v) is 7.86. The number of amides is 1. The monoisotopic (exact) mass is 352 g/mol. The summed E-state index contributed by atoms with van der Waals surface area (Å²) in [6, 6.07) is 8.76. The lowest BCUT2D eigenvalue weighted by molar-refractivity contribution is -0.130. The highest BCUT2D eigenvalue weighted by Gasteiger charge is 2.48. The van der Waals surface area contributed by atoms with E-state index in [1.165, 1.54) is 11.1 Å². The van der Waals surface area contributed by atoms with E-state index in [2.05, 4.69) is 57.6 Å². The van der Waals surface area contributed by atoms with Crippen molar-refractivity contribution < 1.29 is 4.79 Å².